The van der Waals surface area contributed by atoms with Crippen LogP contribution in [-0.4, -0.2) is 44.3 Å². The van der Waals surface area contributed by atoms with Crippen LogP contribution in [0.15, 0.2) is 47.4 Å². The average Bonchev–Trinajstić information content (AvgIpc) is 2.67. The SMILES string of the molecule is COc1ccc([N+](=O)[O-])cc1NC(=O)CN(C)S(=O)(=O)c1ccc(C#N)cc1. The Bertz CT molecular complexity index is 1040. The van der Waals surface area contributed by atoms with E-state index in [0.29, 0.717) is 5.56 Å². The number of hydrogen-bond donors (Lipinski definition) is 1. The number of carbonyl (C=O) groups is 1. The highest BCUT2D eigenvalue weighted by Gasteiger charge is 2.23. The number of carbonyl (C=O) groups excluding carboxylic acids is 1. The lowest BCUT2D eigenvalue weighted by atomic mass is 10.2. The summed E-state index contributed by atoms with van der Waals surface area (Å²) < 4.78 is 30.9. The minimum absolute atomic E-state index is 0.0471. The van der Waals surface area contributed by atoms with Crippen LogP contribution in [0.4, 0.5) is 11.4 Å². The van der Waals surface area contributed by atoms with E-state index in [9.17, 15) is 23.3 Å². The Kier molecular flexibility index (Phi) is 6.29. The first-order valence-electron chi connectivity index (χ1n) is 7.78. The highest BCUT2D eigenvalue weighted by molar-refractivity contribution is 7.89. The van der Waals surface area contributed by atoms with Gasteiger partial charge in [0, 0.05) is 19.2 Å². The molecule has 2 rings (SSSR count). The molecule has 10 nitrogen and oxygen atoms in total. The van der Waals surface area contributed by atoms with Gasteiger partial charge in [0.25, 0.3) is 5.69 Å². The largest absolute Gasteiger partial charge is 0.495 e. The lowest BCUT2D eigenvalue weighted by molar-refractivity contribution is -0.384. The fraction of sp³-hybridized carbons (Fsp3) is 0.176. The molecule has 28 heavy (non-hydrogen) atoms. The van der Waals surface area contributed by atoms with Crippen LogP contribution in [0, 0.1) is 21.4 Å². The molecule has 0 radical (unpaired) electrons. The first kappa shape index (κ1) is 20.8. The van der Waals surface area contributed by atoms with Crippen molar-refractivity contribution in [3.05, 3.63) is 58.1 Å². The number of likely N-dealkylation sites (N-methyl/N-ethyl adjacent to an activating group) is 1. The molecule has 2 aromatic rings. The summed E-state index contributed by atoms with van der Waals surface area (Å²) in [4.78, 5) is 22.5. The van der Waals surface area contributed by atoms with Crippen molar-refractivity contribution >= 4 is 27.3 Å². The van der Waals surface area contributed by atoms with Gasteiger partial charge in [-0.15, -0.1) is 0 Å². The van der Waals surface area contributed by atoms with E-state index in [1.165, 1.54) is 50.6 Å². The molecule has 0 saturated heterocycles. The first-order valence-corrected chi connectivity index (χ1v) is 9.22. The average molecular weight is 404 g/mol. The topological polar surface area (TPSA) is 143 Å². The van der Waals surface area contributed by atoms with E-state index in [2.05, 4.69) is 5.32 Å². The van der Waals surface area contributed by atoms with E-state index in [-0.39, 0.29) is 22.0 Å². The number of nitro groups is 1. The number of hydrogen-bond acceptors (Lipinski definition) is 7. The summed E-state index contributed by atoms with van der Waals surface area (Å²) in [6, 6.07) is 10.8. The van der Waals surface area contributed by atoms with Crippen LogP contribution in [0.2, 0.25) is 0 Å². The predicted octanol–water partition coefficient (Wildman–Crippen LogP) is 1.73. The Morgan fingerprint density at radius 1 is 1.29 bits per heavy atom. The maximum absolute atomic E-state index is 12.5. The number of nitrogens with zero attached hydrogens (tertiary/aromatic N) is 3. The molecule has 146 valence electrons. The van der Waals surface area contributed by atoms with Crippen molar-refractivity contribution in [1.29, 1.82) is 5.26 Å². The number of benzene rings is 2. The Hall–Kier alpha value is -3.49. The zero-order chi connectivity index (χ0) is 20.9. The summed E-state index contributed by atoms with van der Waals surface area (Å²) in [6.45, 7) is -0.534. The van der Waals surface area contributed by atoms with Crippen molar-refractivity contribution in [2.45, 2.75) is 4.90 Å². The van der Waals surface area contributed by atoms with Gasteiger partial charge in [0.1, 0.15) is 5.75 Å². The molecule has 0 aliphatic heterocycles. The van der Waals surface area contributed by atoms with Gasteiger partial charge in [-0.25, -0.2) is 8.42 Å². The van der Waals surface area contributed by atoms with Gasteiger partial charge < -0.3 is 10.1 Å². The van der Waals surface area contributed by atoms with Gasteiger partial charge in [-0.2, -0.15) is 9.57 Å². The van der Waals surface area contributed by atoms with Crippen molar-refractivity contribution in [2.75, 3.05) is 26.0 Å². The second kappa shape index (κ2) is 8.47. The van der Waals surface area contributed by atoms with Gasteiger partial charge in [0.05, 0.1) is 40.8 Å². The summed E-state index contributed by atoms with van der Waals surface area (Å²) >= 11 is 0. The molecule has 1 amide bonds. The lowest BCUT2D eigenvalue weighted by Crippen LogP contribution is -2.35. The second-order valence-electron chi connectivity index (χ2n) is 5.59. The number of amides is 1. The molecule has 0 unspecified atom stereocenters. The second-order valence-corrected chi connectivity index (χ2v) is 7.63. The van der Waals surface area contributed by atoms with Gasteiger partial charge in [-0.05, 0) is 30.3 Å². The third-order valence-corrected chi connectivity index (χ3v) is 5.54. The number of rotatable bonds is 7. The van der Waals surface area contributed by atoms with Gasteiger partial charge in [0.2, 0.25) is 15.9 Å². The highest BCUT2D eigenvalue weighted by Crippen LogP contribution is 2.28. The molecule has 0 fully saturated rings. The maximum Gasteiger partial charge on any atom is 0.271 e. The summed E-state index contributed by atoms with van der Waals surface area (Å²) in [7, 11) is -1.41. The monoisotopic (exact) mass is 404 g/mol. The van der Waals surface area contributed by atoms with Crippen LogP contribution in [-0.2, 0) is 14.8 Å². The zero-order valence-corrected chi connectivity index (χ0v) is 15.8. The smallest absolute Gasteiger partial charge is 0.271 e. The molecule has 2 aromatic carbocycles. The van der Waals surface area contributed by atoms with Gasteiger partial charge >= 0.3 is 0 Å². The quantitative estimate of drug-likeness (QED) is 0.547. The van der Waals surface area contributed by atoms with E-state index in [1.807, 2.05) is 6.07 Å². The molecular formula is C17H16N4O6S. The fourth-order valence-electron chi connectivity index (χ4n) is 2.27. The summed E-state index contributed by atoms with van der Waals surface area (Å²) in [5.74, 6) is -0.518. The number of anilines is 1. The van der Waals surface area contributed by atoms with Crippen molar-refractivity contribution in [2.24, 2.45) is 0 Å². The number of non-ortho nitro benzene ring substituents is 1. The first-order chi connectivity index (χ1) is 13.2. The third kappa shape index (κ3) is 4.61. The number of methoxy groups -OCH3 is 1. The molecule has 0 saturated carbocycles. The van der Waals surface area contributed by atoms with Gasteiger partial charge in [-0.3, -0.25) is 14.9 Å². The van der Waals surface area contributed by atoms with E-state index in [0.717, 1.165) is 10.4 Å². The number of sulfonamides is 1. The molecule has 1 N–H and O–H groups in total. The minimum Gasteiger partial charge on any atom is -0.495 e. The minimum atomic E-state index is -3.96. The number of nitro benzene ring substituents is 1. The summed E-state index contributed by atoms with van der Waals surface area (Å²) in [6.07, 6.45) is 0. The van der Waals surface area contributed by atoms with Crippen molar-refractivity contribution in [1.82, 2.24) is 4.31 Å². The van der Waals surface area contributed by atoms with E-state index >= 15 is 0 Å². The molecule has 0 atom stereocenters. The molecule has 0 heterocycles. The maximum atomic E-state index is 12.5. The van der Waals surface area contributed by atoms with Gasteiger partial charge in [0.15, 0.2) is 0 Å². The van der Waals surface area contributed by atoms with E-state index < -0.39 is 27.4 Å². The Morgan fingerprint density at radius 2 is 1.93 bits per heavy atom. The molecule has 0 aromatic heterocycles. The zero-order valence-electron chi connectivity index (χ0n) is 14.9. The molecule has 0 aliphatic rings. The lowest BCUT2D eigenvalue weighted by Gasteiger charge is -2.17. The highest BCUT2D eigenvalue weighted by atomic mass is 32.2. The van der Waals surface area contributed by atoms with Crippen molar-refractivity contribution in [3.8, 4) is 11.8 Å². The normalized spacial score (nSPS) is 10.9. The van der Waals surface area contributed by atoms with Crippen LogP contribution < -0.4 is 10.1 Å². The molecule has 0 spiro atoms. The van der Waals surface area contributed by atoms with Crippen molar-refractivity contribution in [3.63, 3.8) is 0 Å². The van der Waals surface area contributed by atoms with Crippen LogP contribution >= 0.6 is 0 Å². The van der Waals surface area contributed by atoms with Crippen LogP contribution in [0.3, 0.4) is 0 Å². The molecular weight excluding hydrogens is 388 g/mol. The molecule has 11 heteroatoms. The predicted molar refractivity (Wildman–Crippen MR) is 99.3 cm³/mol. The van der Waals surface area contributed by atoms with Crippen LogP contribution in [0.5, 0.6) is 5.75 Å². The van der Waals surface area contributed by atoms with E-state index in [1.54, 1.807) is 0 Å². The number of nitrogens with one attached hydrogen (secondary N) is 1. The third-order valence-electron chi connectivity index (χ3n) is 3.73. The van der Waals surface area contributed by atoms with E-state index in [4.69, 9.17) is 10.00 Å². The van der Waals surface area contributed by atoms with Crippen molar-refractivity contribution < 1.29 is 22.9 Å². The standard InChI is InChI=1S/C17H16N4O6S/c1-20(28(25,26)14-6-3-12(10-18)4-7-14)11-17(22)19-15-9-13(21(23)24)5-8-16(15)27-2/h3-9H,11H2,1-2H3,(H,19,22). The summed E-state index contributed by atoms with van der Waals surface area (Å²) in [5, 5.41) is 22.1. The summed E-state index contributed by atoms with van der Waals surface area (Å²) in [5.41, 5.74) is 0.0950. The Morgan fingerprint density at radius 3 is 2.46 bits per heavy atom. The number of nitriles is 1. The Balaban J connectivity index is 2.17. The van der Waals surface area contributed by atoms with Crippen LogP contribution in [0.25, 0.3) is 0 Å². The fourth-order valence-corrected chi connectivity index (χ4v) is 3.39. The Labute approximate surface area is 161 Å². The molecule has 0 bridgehead atoms. The molecule has 0 aliphatic carbocycles. The van der Waals surface area contributed by atoms with Crippen LogP contribution in [0.1, 0.15) is 5.56 Å². The number of ether oxygens (including phenoxy) is 1. The van der Waals surface area contributed by atoms with Gasteiger partial charge in [-0.1, -0.05) is 0 Å².